The Morgan fingerprint density at radius 2 is 2.04 bits per heavy atom. The van der Waals surface area contributed by atoms with E-state index in [1.165, 1.54) is 11.3 Å². The Balaban J connectivity index is 1.71. The van der Waals surface area contributed by atoms with Crippen molar-refractivity contribution in [2.75, 3.05) is 5.32 Å². The fraction of sp³-hybridized carbons (Fsp3) is 0.188. The first-order chi connectivity index (χ1) is 11.1. The molecule has 3 rings (SSSR count). The molecule has 6 nitrogen and oxygen atoms in total. The Labute approximate surface area is 138 Å². The van der Waals surface area contributed by atoms with E-state index in [1.54, 1.807) is 6.20 Å². The minimum Gasteiger partial charge on any atom is -0.334 e. The molecule has 2 heterocycles. The molecule has 23 heavy (non-hydrogen) atoms. The molecular formula is C16H17N5OS. The summed E-state index contributed by atoms with van der Waals surface area (Å²) in [5, 5.41) is 12.5. The number of aryl methyl sites for hydroxylation is 1. The van der Waals surface area contributed by atoms with Crippen molar-refractivity contribution in [1.82, 2.24) is 20.1 Å². The number of carbonyl (C=O) groups excluding carboxylic acids is 1. The van der Waals surface area contributed by atoms with E-state index in [9.17, 15) is 4.79 Å². The van der Waals surface area contributed by atoms with Gasteiger partial charge in [0.25, 0.3) is 0 Å². The molecule has 0 aliphatic carbocycles. The lowest BCUT2D eigenvalue weighted by Crippen LogP contribution is -2.28. The van der Waals surface area contributed by atoms with Crippen LogP contribution in [0.5, 0.6) is 0 Å². The van der Waals surface area contributed by atoms with Gasteiger partial charge in [0.2, 0.25) is 0 Å². The summed E-state index contributed by atoms with van der Waals surface area (Å²) >= 11 is 1.38. The lowest BCUT2D eigenvalue weighted by atomic mass is 10.2. The molecular weight excluding hydrogens is 310 g/mol. The second-order valence-electron chi connectivity index (χ2n) is 5.04. The van der Waals surface area contributed by atoms with Crippen molar-refractivity contribution in [2.45, 2.75) is 20.4 Å². The third kappa shape index (κ3) is 3.40. The molecule has 0 aliphatic rings. The molecule has 3 aromatic rings. The topological polar surface area (TPSA) is 71.8 Å². The molecule has 0 aliphatic heterocycles. The molecule has 0 spiro atoms. The molecule has 1 aromatic carbocycles. The maximum absolute atomic E-state index is 11.9. The summed E-state index contributed by atoms with van der Waals surface area (Å²) in [6.07, 6.45) is 1.65. The number of urea groups is 1. The predicted octanol–water partition coefficient (Wildman–Crippen LogP) is 3.27. The van der Waals surface area contributed by atoms with Crippen molar-refractivity contribution in [2.24, 2.45) is 0 Å². The van der Waals surface area contributed by atoms with Gasteiger partial charge in [-0.2, -0.15) is 5.10 Å². The van der Waals surface area contributed by atoms with Crippen LogP contribution in [0.3, 0.4) is 0 Å². The molecule has 0 radical (unpaired) electrons. The van der Waals surface area contributed by atoms with E-state index in [-0.39, 0.29) is 6.03 Å². The third-order valence-corrected chi connectivity index (χ3v) is 4.21. The highest BCUT2D eigenvalue weighted by Crippen LogP contribution is 2.17. The summed E-state index contributed by atoms with van der Waals surface area (Å²) in [5.41, 5.74) is 3.94. The van der Waals surface area contributed by atoms with Crippen molar-refractivity contribution in [3.63, 3.8) is 0 Å². The Kier molecular flexibility index (Phi) is 4.38. The van der Waals surface area contributed by atoms with E-state index in [2.05, 4.69) is 20.7 Å². The molecule has 0 fully saturated rings. The summed E-state index contributed by atoms with van der Waals surface area (Å²) in [7, 11) is 0. The Hall–Kier alpha value is -2.67. The van der Waals surface area contributed by atoms with Gasteiger partial charge < -0.3 is 5.32 Å². The normalized spacial score (nSPS) is 10.5. The Bertz CT molecular complexity index is 796. The first-order valence-corrected chi connectivity index (χ1v) is 8.08. The SMILES string of the molecule is Cc1nn(-c2ccccc2)c(C)c1CNC(=O)Nc1nccs1. The minimum absolute atomic E-state index is 0.272. The maximum atomic E-state index is 11.9. The largest absolute Gasteiger partial charge is 0.334 e. The van der Waals surface area contributed by atoms with E-state index >= 15 is 0 Å². The smallest absolute Gasteiger partial charge is 0.321 e. The van der Waals surface area contributed by atoms with Gasteiger partial charge in [0.15, 0.2) is 5.13 Å². The number of para-hydroxylation sites is 1. The quantitative estimate of drug-likeness (QED) is 0.772. The molecule has 0 saturated heterocycles. The average Bonchev–Trinajstić information content (AvgIpc) is 3.15. The van der Waals surface area contributed by atoms with E-state index in [0.29, 0.717) is 11.7 Å². The first kappa shape index (κ1) is 15.2. The van der Waals surface area contributed by atoms with Crippen LogP contribution in [-0.4, -0.2) is 20.8 Å². The second-order valence-corrected chi connectivity index (χ2v) is 5.94. The number of hydrogen-bond donors (Lipinski definition) is 2. The van der Waals surface area contributed by atoms with Gasteiger partial charge in [-0.05, 0) is 26.0 Å². The summed E-state index contributed by atoms with van der Waals surface area (Å²) in [6.45, 7) is 4.37. The summed E-state index contributed by atoms with van der Waals surface area (Å²) in [4.78, 5) is 15.9. The number of amides is 2. The zero-order valence-corrected chi connectivity index (χ0v) is 13.7. The van der Waals surface area contributed by atoms with Gasteiger partial charge in [0.05, 0.1) is 11.4 Å². The molecule has 0 unspecified atom stereocenters. The molecule has 2 amide bonds. The standard InChI is InChI=1S/C16H17N5OS/c1-11-14(10-18-15(22)19-16-17-8-9-23-16)12(2)21(20-11)13-6-4-3-5-7-13/h3-9H,10H2,1-2H3,(H2,17,18,19,22). The highest BCUT2D eigenvalue weighted by atomic mass is 32.1. The Morgan fingerprint density at radius 1 is 1.26 bits per heavy atom. The number of nitrogens with zero attached hydrogens (tertiary/aromatic N) is 3. The molecule has 2 N–H and O–H groups in total. The highest BCUT2D eigenvalue weighted by Gasteiger charge is 2.13. The van der Waals surface area contributed by atoms with Gasteiger partial charge in [-0.15, -0.1) is 11.3 Å². The molecule has 2 aromatic heterocycles. The molecule has 118 valence electrons. The number of thiazole rings is 1. The van der Waals surface area contributed by atoms with Crippen LogP contribution in [0.1, 0.15) is 17.0 Å². The predicted molar refractivity (Wildman–Crippen MR) is 91.0 cm³/mol. The van der Waals surface area contributed by atoms with Gasteiger partial charge >= 0.3 is 6.03 Å². The van der Waals surface area contributed by atoms with E-state index < -0.39 is 0 Å². The van der Waals surface area contributed by atoms with Crippen LogP contribution >= 0.6 is 11.3 Å². The van der Waals surface area contributed by atoms with Crippen LogP contribution in [0.25, 0.3) is 5.69 Å². The van der Waals surface area contributed by atoms with Gasteiger partial charge in [-0.25, -0.2) is 14.5 Å². The summed E-state index contributed by atoms with van der Waals surface area (Å²) in [5.74, 6) is 0. The second kappa shape index (κ2) is 6.62. The lowest BCUT2D eigenvalue weighted by molar-refractivity contribution is 0.251. The number of hydrogen-bond acceptors (Lipinski definition) is 4. The molecule has 7 heteroatoms. The Morgan fingerprint density at radius 3 is 2.74 bits per heavy atom. The number of nitrogens with one attached hydrogen (secondary N) is 2. The van der Waals surface area contributed by atoms with Crippen LogP contribution in [0.2, 0.25) is 0 Å². The third-order valence-electron chi connectivity index (χ3n) is 3.52. The minimum atomic E-state index is -0.272. The highest BCUT2D eigenvalue weighted by molar-refractivity contribution is 7.13. The fourth-order valence-electron chi connectivity index (χ4n) is 2.35. The fourth-order valence-corrected chi connectivity index (χ4v) is 2.87. The van der Waals surface area contributed by atoms with Crippen LogP contribution in [-0.2, 0) is 6.54 Å². The maximum Gasteiger partial charge on any atom is 0.321 e. The van der Waals surface area contributed by atoms with Gasteiger partial charge in [-0.1, -0.05) is 18.2 Å². The van der Waals surface area contributed by atoms with Gasteiger partial charge in [0, 0.05) is 29.4 Å². The van der Waals surface area contributed by atoms with Crippen molar-refractivity contribution in [1.29, 1.82) is 0 Å². The van der Waals surface area contributed by atoms with Crippen molar-refractivity contribution < 1.29 is 4.79 Å². The van der Waals surface area contributed by atoms with E-state index in [4.69, 9.17) is 0 Å². The molecule has 0 bridgehead atoms. The number of rotatable bonds is 4. The summed E-state index contributed by atoms with van der Waals surface area (Å²) in [6, 6.07) is 9.67. The van der Waals surface area contributed by atoms with E-state index in [1.807, 2.05) is 54.2 Å². The number of aromatic nitrogens is 3. The van der Waals surface area contributed by atoms with Gasteiger partial charge in [0.1, 0.15) is 0 Å². The average molecular weight is 327 g/mol. The van der Waals surface area contributed by atoms with Gasteiger partial charge in [-0.3, -0.25) is 5.32 Å². The monoisotopic (exact) mass is 327 g/mol. The number of benzene rings is 1. The number of carbonyl (C=O) groups is 1. The van der Waals surface area contributed by atoms with Crippen LogP contribution < -0.4 is 10.6 Å². The lowest BCUT2D eigenvalue weighted by Gasteiger charge is -2.07. The number of anilines is 1. The van der Waals surface area contributed by atoms with Crippen LogP contribution in [0.15, 0.2) is 41.9 Å². The first-order valence-electron chi connectivity index (χ1n) is 7.20. The van der Waals surface area contributed by atoms with Crippen LogP contribution in [0.4, 0.5) is 9.93 Å². The zero-order chi connectivity index (χ0) is 16.2. The van der Waals surface area contributed by atoms with Crippen molar-refractivity contribution in [3.8, 4) is 5.69 Å². The van der Waals surface area contributed by atoms with Crippen molar-refractivity contribution in [3.05, 3.63) is 58.9 Å². The van der Waals surface area contributed by atoms with Crippen molar-refractivity contribution >= 4 is 22.5 Å². The zero-order valence-electron chi connectivity index (χ0n) is 12.9. The molecule has 0 atom stereocenters. The van der Waals surface area contributed by atoms with Crippen LogP contribution in [0, 0.1) is 13.8 Å². The summed E-state index contributed by atoms with van der Waals surface area (Å²) < 4.78 is 1.89. The molecule has 0 saturated carbocycles. The van der Waals surface area contributed by atoms with E-state index in [0.717, 1.165) is 22.6 Å².